The van der Waals surface area contributed by atoms with Crippen molar-refractivity contribution in [2.24, 2.45) is 11.8 Å². The maximum atomic E-state index is 13.9. The average Bonchev–Trinajstić information content (AvgIpc) is 3.38. The molecular formula is C35H41Cl2N3O2. The van der Waals surface area contributed by atoms with E-state index in [-0.39, 0.29) is 24.2 Å². The molecule has 2 amide bonds. The summed E-state index contributed by atoms with van der Waals surface area (Å²) in [5.74, 6) is 0.439. The van der Waals surface area contributed by atoms with Crippen LogP contribution >= 0.6 is 23.2 Å². The van der Waals surface area contributed by atoms with E-state index in [9.17, 15) is 9.59 Å². The number of rotatable bonds is 12. The van der Waals surface area contributed by atoms with E-state index in [1.54, 1.807) is 12.1 Å². The van der Waals surface area contributed by atoms with Crippen molar-refractivity contribution in [1.82, 2.24) is 9.80 Å². The Bertz CT molecular complexity index is 1310. The molecule has 2 aliphatic rings. The Kier molecular flexibility index (Phi) is 11.0. The third-order valence-corrected chi connectivity index (χ3v) is 9.45. The molecule has 2 fully saturated rings. The molecule has 2 heterocycles. The first-order valence-electron chi connectivity index (χ1n) is 15.3. The molecule has 42 heavy (non-hydrogen) atoms. The topological polar surface area (TPSA) is 43.9 Å². The Labute approximate surface area is 260 Å². The molecule has 0 radical (unpaired) electrons. The molecule has 0 spiro atoms. The number of amides is 2. The quantitative estimate of drug-likeness (QED) is 0.220. The number of hydrogen-bond acceptors (Lipinski definition) is 3. The average molecular weight is 607 g/mol. The molecule has 0 bridgehead atoms. The minimum atomic E-state index is -0.350. The van der Waals surface area contributed by atoms with Crippen molar-refractivity contribution in [3.63, 3.8) is 0 Å². The molecule has 7 heteroatoms. The summed E-state index contributed by atoms with van der Waals surface area (Å²) in [5.41, 5.74) is 3.43. The third kappa shape index (κ3) is 8.37. The Balaban J connectivity index is 1.14. The van der Waals surface area contributed by atoms with Crippen LogP contribution in [-0.2, 0) is 22.4 Å². The second-order valence-electron chi connectivity index (χ2n) is 11.7. The van der Waals surface area contributed by atoms with Crippen LogP contribution in [0.1, 0.15) is 43.2 Å². The summed E-state index contributed by atoms with van der Waals surface area (Å²) in [5, 5.41) is 0.893. The summed E-state index contributed by atoms with van der Waals surface area (Å²) in [6, 6.07) is 26.4. The highest BCUT2D eigenvalue weighted by Gasteiger charge is 2.36. The van der Waals surface area contributed by atoms with Crippen molar-refractivity contribution in [1.29, 1.82) is 0 Å². The van der Waals surface area contributed by atoms with Gasteiger partial charge >= 0.3 is 0 Å². The number of carbonyl (C=O) groups excluding carboxylic acids is 2. The Morgan fingerprint density at radius 2 is 1.52 bits per heavy atom. The van der Waals surface area contributed by atoms with Crippen LogP contribution in [0.5, 0.6) is 0 Å². The summed E-state index contributed by atoms with van der Waals surface area (Å²) < 4.78 is 0. The van der Waals surface area contributed by atoms with Gasteiger partial charge in [0.15, 0.2) is 0 Å². The first-order chi connectivity index (χ1) is 20.5. The number of nitrogens with zero attached hydrogens (tertiary/aromatic N) is 3. The van der Waals surface area contributed by atoms with Crippen molar-refractivity contribution in [3.8, 4) is 0 Å². The maximum absolute atomic E-state index is 13.9. The number of hydrogen-bond donors (Lipinski definition) is 0. The van der Waals surface area contributed by atoms with Gasteiger partial charge in [0.2, 0.25) is 11.8 Å². The number of piperidine rings is 1. The van der Waals surface area contributed by atoms with Crippen LogP contribution in [-0.4, -0.2) is 60.9 Å². The molecule has 1 atom stereocenters. The molecule has 1 unspecified atom stereocenters. The van der Waals surface area contributed by atoms with Gasteiger partial charge in [0.1, 0.15) is 0 Å². The van der Waals surface area contributed by atoms with Gasteiger partial charge in [-0.3, -0.25) is 9.59 Å². The first kappa shape index (κ1) is 30.6. The van der Waals surface area contributed by atoms with Crippen LogP contribution < -0.4 is 4.90 Å². The normalized spacial score (nSPS) is 18.0. The standard InChI is InChI=1S/C35H41Cl2N3O2/c36-32-15-14-31(25-33(32)37)40(20-8-18-38-21-16-29(17-22-38)23-28-11-5-2-6-12-28)35(42)30-24-34(41)39(26-30)19-7-13-27-9-3-1-4-10-27/h1-6,9-12,14-15,25,29-30H,7-8,13,16-24,26H2. The number of carbonyl (C=O) groups is 2. The van der Waals surface area contributed by atoms with Crippen molar-refractivity contribution in [3.05, 3.63) is 100 Å². The van der Waals surface area contributed by atoms with E-state index in [1.165, 1.54) is 24.0 Å². The highest BCUT2D eigenvalue weighted by atomic mass is 35.5. The highest BCUT2D eigenvalue weighted by molar-refractivity contribution is 6.42. The Morgan fingerprint density at radius 1 is 0.833 bits per heavy atom. The SMILES string of the molecule is O=C1CC(C(=O)N(CCCN2CCC(Cc3ccccc3)CC2)c2ccc(Cl)c(Cl)c2)CN1CCCc1ccccc1. The number of aryl methyl sites for hydroxylation is 1. The second-order valence-corrected chi connectivity index (χ2v) is 12.6. The predicted molar refractivity (Wildman–Crippen MR) is 172 cm³/mol. The van der Waals surface area contributed by atoms with Gasteiger partial charge < -0.3 is 14.7 Å². The van der Waals surface area contributed by atoms with E-state index in [0.29, 0.717) is 29.7 Å². The lowest BCUT2D eigenvalue weighted by atomic mass is 9.90. The van der Waals surface area contributed by atoms with Crippen molar-refractivity contribution < 1.29 is 9.59 Å². The molecule has 5 nitrogen and oxygen atoms in total. The van der Waals surface area contributed by atoms with Gasteiger partial charge in [0.05, 0.1) is 16.0 Å². The lowest BCUT2D eigenvalue weighted by Gasteiger charge is -2.33. The van der Waals surface area contributed by atoms with Crippen molar-refractivity contribution in [2.75, 3.05) is 44.2 Å². The van der Waals surface area contributed by atoms with E-state index in [4.69, 9.17) is 23.2 Å². The molecule has 0 aliphatic carbocycles. The van der Waals surface area contributed by atoms with E-state index in [0.717, 1.165) is 56.9 Å². The summed E-state index contributed by atoms with van der Waals surface area (Å²) >= 11 is 12.6. The van der Waals surface area contributed by atoms with Crippen LogP contribution in [0, 0.1) is 11.8 Å². The molecule has 5 rings (SSSR count). The van der Waals surface area contributed by atoms with E-state index >= 15 is 0 Å². The zero-order valence-corrected chi connectivity index (χ0v) is 25.8. The third-order valence-electron chi connectivity index (χ3n) is 8.71. The first-order valence-corrected chi connectivity index (χ1v) is 16.1. The van der Waals surface area contributed by atoms with Gasteiger partial charge in [0, 0.05) is 31.7 Å². The molecule has 2 saturated heterocycles. The van der Waals surface area contributed by atoms with Gasteiger partial charge in [-0.1, -0.05) is 83.9 Å². The van der Waals surface area contributed by atoms with Crippen molar-refractivity contribution >= 4 is 40.7 Å². The summed E-state index contributed by atoms with van der Waals surface area (Å²) in [7, 11) is 0. The van der Waals surface area contributed by atoms with Crippen LogP contribution in [0.4, 0.5) is 5.69 Å². The van der Waals surface area contributed by atoms with Gasteiger partial charge in [-0.15, -0.1) is 0 Å². The minimum absolute atomic E-state index is 0.00568. The van der Waals surface area contributed by atoms with Gasteiger partial charge in [-0.2, -0.15) is 0 Å². The lowest BCUT2D eigenvalue weighted by Crippen LogP contribution is -2.40. The number of likely N-dealkylation sites (tertiary alicyclic amines) is 2. The van der Waals surface area contributed by atoms with Crippen LogP contribution in [0.25, 0.3) is 0 Å². The maximum Gasteiger partial charge on any atom is 0.232 e. The molecule has 0 aromatic heterocycles. The fourth-order valence-electron chi connectivity index (χ4n) is 6.33. The fourth-order valence-corrected chi connectivity index (χ4v) is 6.62. The molecule has 3 aromatic rings. The molecule has 222 valence electrons. The smallest absolute Gasteiger partial charge is 0.232 e. The van der Waals surface area contributed by atoms with E-state index in [1.807, 2.05) is 34.1 Å². The van der Waals surface area contributed by atoms with Gasteiger partial charge in [0.25, 0.3) is 0 Å². The Hall–Kier alpha value is -2.86. The van der Waals surface area contributed by atoms with Crippen LogP contribution in [0.2, 0.25) is 10.0 Å². The largest absolute Gasteiger partial charge is 0.342 e. The molecule has 3 aromatic carbocycles. The Morgan fingerprint density at radius 3 is 2.21 bits per heavy atom. The molecular weight excluding hydrogens is 565 g/mol. The fraction of sp³-hybridized carbons (Fsp3) is 0.429. The second kappa shape index (κ2) is 15.0. The number of halogens is 2. The predicted octanol–water partition coefficient (Wildman–Crippen LogP) is 7.15. The van der Waals surface area contributed by atoms with E-state index in [2.05, 4.69) is 47.4 Å². The zero-order valence-electron chi connectivity index (χ0n) is 24.3. The van der Waals surface area contributed by atoms with Gasteiger partial charge in [-0.25, -0.2) is 0 Å². The lowest BCUT2D eigenvalue weighted by molar-refractivity contribution is -0.128. The molecule has 0 saturated carbocycles. The van der Waals surface area contributed by atoms with E-state index < -0.39 is 0 Å². The number of anilines is 1. The summed E-state index contributed by atoms with van der Waals surface area (Å²) in [6.07, 6.45) is 6.48. The van der Waals surface area contributed by atoms with Gasteiger partial charge in [-0.05, 0) is 93.4 Å². The number of benzene rings is 3. The van der Waals surface area contributed by atoms with Crippen LogP contribution in [0.3, 0.4) is 0 Å². The zero-order chi connectivity index (χ0) is 29.3. The minimum Gasteiger partial charge on any atom is -0.342 e. The van der Waals surface area contributed by atoms with Crippen LogP contribution in [0.15, 0.2) is 78.9 Å². The molecule has 0 N–H and O–H groups in total. The monoisotopic (exact) mass is 605 g/mol. The molecule has 2 aliphatic heterocycles. The summed E-state index contributed by atoms with van der Waals surface area (Å²) in [6.45, 7) is 4.85. The van der Waals surface area contributed by atoms with Crippen molar-refractivity contribution in [2.45, 2.75) is 44.9 Å². The summed E-state index contributed by atoms with van der Waals surface area (Å²) in [4.78, 5) is 33.0. The highest BCUT2D eigenvalue weighted by Crippen LogP contribution is 2.30.